The van der Waals surface area contributed by atoms with E-state index in [1.807, 2.05) is 18.2 Å². The van der Waals surface area contributed by atoms with E-state index in [9.17, 15) is 0 Å². The number of hydrogen-bond donors (Lipinski definition) is 0. The van der Waals surface area contributed by atoms with Crippen LogP contribution in [0.5, 0.6) is 0 Å². The van der Waals surface area contributed by atoms with Crippen molar-refractivity contribution in [3.05, 3.63) is 73.4 Å². The van der Waals surface area contributed by atoms with Crippen LogP contribution in [0.25, 0.3) is 0 Å². The van der Waals surface area contributed by atoms with Crippen molar-refractivity contribution in [2.24, 2.45) is 11.8 Å². The Balaban J connectivity index is -0.000000385. The van der Waals surface area contributed by atoms with Gasteiger partial charge >= 0.3 is 0 Å². The van der Waals surface area contributed by atoms with E-state index in [-0.39, 0.29) is 32.7 Å². The summed E-state index contributed by atoms with van der Waals surface area (Å²) in [7, 11) is 0. The van der Waals surface area contributed by atoms with E-state index in [0.717, 1.165) is 35.0 Å². The van der Waals surface area contributed by atoms with Gasteiger partial charge < -0.3 is 0 Å². The molecule has 0 rings (SSSR count). The van der Waals surface area contributed by atoms with Crippen molar-refractivity contribution >= 4 is 0 Å². The normalized spacial score (nSPS) is 11.6. The molecule has 1 heteroatoms. The summed E-state index contributed by atoms with van der Waals surface area (Å²) in [5.74, 6) is 1.83. The Kier molecular flexibility index (Phi) is 22.3. The summed E-state index contributed by atoms with van der Waals surface area (Å²) in [5.41, 5.74) is 2.82. The van der Waals surface area contributed by atoms with Crippen LogP contribution in [0.3, 0.4) is 0 Å². The maximum atomic E-state index is 3.89. The summed E-state index contributed by atoms with van der Waals surface area (Å²) in [6.45, 7) is 26.3. The Bertz CT molecular complexity index is 421. The average molecular weight is 402 g/mol. The van der Waals surface area contributed by atoms with Crippen molar-refractivity contribution in [3.8, 4) is 0 Å². The fraction of sp³-hybridized carbons (Fsp3) is 0.478. The molecule has 0 spiro atoms. The van der Waals surface area contributed by atoms with Gasteiger partial charge in [0.1, 0.15) is 0 Å². The minimum Gasteiger partial charge on any atom is -0.258 e. The van der Waals surface area contributed by atoms with Crippen LogP contribution in [0.1, 0.15) is 60.3 Å². The van der Waals surface area contributed by atoms with Gasteiger partial charge in [0.25, 0.3) is 0 Å². The predicted molar refractivity (Wildman–Crippen MR) is 108 cm³/mol. The molecule has 0 nitrogen and oxygen atoms in total. The van der Waals surface area contributed by atoms with E-state index in [1.165, 1.54) is 19.3 Å². The summed E-state index contributed by atoms with van der Waals surface area (Å²) in [6.07, 6.45) is 15.2. The molecule has 0 aromatic rings. The molecule has 0 amide bonds. The number of rotatable bonds is 10. The first-order valence-electron chi connectivity index (χ1n) is 8.71. The van der Waals surface area contributed by atoms with Gasteiger partial charge in [-0.3, -0.25) is 6.08 Å². The van der Waals surface area contributed by atoms with Crippen molar-refractivity contribution < 1.29 is 32.7 Å². The molecule has 1 atom stereocenters. The SMILES string of the molecule is C=[C-]/C=C\C(=C)C(=C)/C=C\C(=C)CC.CCC(C)CCC(C)C.[Y]. The Hall–Kier alpha value is -0.456. The van der Waals surface area contributed by atoms with Gasteiger partial charge in [-0.15, -0.1) is 12.2 Å². The van der Waals surface area contributed by atoms with Gasteiger partial charge in [0.05, 0.1) is 0 Å². The molecule has 0 aromatic heterocycles. The van der Waals surface area contributed by atoms with Crippen LogP contribution in [-0.2, 0) is 32.7 Å². The zero-order valence-corrected chi connectivity index (χ0v) is 19.5. The van der Waals surface area contributed by atoms with E-state index in [0.29, 0.717) is 0 Å². The summed E-state index contributed by atoms with van der Waals surface area (Å²) in [5, 5.41) is 0. The molecule has 133 valence electrons. The van der Waals surface area contributed by atoms with Crippen molar-refractivity contribution in [2.45, 2.75) is 60.3 Å². The fourth-order valence-corrected chi connectivity index (χ4v) is 1.53. The van der Waals surface area contributed by atoms with E-state index in [1.54, 1.807) is 6.08 Å². The molecular formula is C23H37Y-. The van der Waals surface area contributed by atoms with E-state index in [2.05, 4.69) is 67.0 Å². The zero-order valence-electron chi connectivity index (χ0n) is 16.7. The van der Waals surface area contributed by atoms with Crippen LogP contribution in [0.4, 0.5) is 0 Å². The second-order valence-electron chi connectivity index (χ2n) is 6.42. The van der Waals surface area contributed by atoms with Crippen LogP contribution < -0.4 is 0 Å². The van der Waals surface area contributed by atoms with Crippen LogP contribution in [0.2, 0.25) is 0 Å². The maximum Gasteiger partial charge on any atom is 0 e. The molecular weight excluding hydrogens is 365 g/mol. The Morgan fingerprint density at radius 3 is 1.88 bits per heavy atom. The summed E-state index contributed by atoms with van der Waals surface area (Å²) in [6, 6.07) is 0. The molecule has 0 fully saturated rings. The van der Waals surface area contributed by atoms with Gasteiger partial charge in [-0.05, 0) is 23.8 Å². The van der Waals surface area contributed by atoms with Crippen molar-refractivity contribution in [1.29, 1.82) is 0 Å². The molecule has 0 aliphatic rings. The predicted octanol–water partition coefficient (Wildman–Crippen LogP) is 7.63. The first-order valence-corrected chi connectivity index (χ1v) is 8.71. The average Bonchev–Trinajstić information content (AvgIpc) is 2.55. The topological polar surface area (TPSA) is 0 Å². The van der Waals surface area contributed by atoms with Gasteiger partial charge in [0.15, 0.2) is 0 Å². The smallest absolute Gasteiger partial charge is 0 e. The van der Waals surface area contributed by atoms with Crippen LogP contribution in [-0.4, -0.2) is 0 Å². The molecule has 0 aliphatic carbocycles. The molecule has 1 radical (unpaired) electrons. The molecule has 0 aromatic carbocycles. The fourth-order valence-electron chi connectivity index (χ4n) is 1.53. The molecule has 0 N–H and O–H groups in total. The molecule has 0 bridgehead atoms. The van der Waals surface area contributed by atoms with Crippen molar-refractivity contribution in [1.82, 2.24) is 0 Å². The Morgan fingerprint density at radius 2 is 1.46 bits per heavy atom. The summed E-state index contributed by atoms with van der Waals surface area (Å²) < 4.78 is 0. The maximum absolute atomic E-state index is 3.89. The van der Waals surface area contributed by atoms with Gasteiger partial charge in [-0.25, -0.2) is 12.2 Å². The summed E-state index contributed by atoms with van der Waals surface area (Å²) in [4.78, 5) is 0. The van der Waals surface area contributed by atoms with E-state index >= 15 is 0 Å². The second kappa shape index (κ2) is 18.9. The third kappa shape index (κ3) is 19.6. The quantitative estimate of drug-likeness (QED) is 0.260. The molecule has 0 saturated heterocycles. The second-order valence-corrected chi connectivity index (χ2v) is 6.42. The van der Waals surface area contributed by atoms with Crippen LogP contribution in [0, 0.1) is 17.9 Å². The van der Waals surface area contributed by atoms with Crippen LogP contribution >= 0.6 is 0 Å². The first kappa shape index (κ1) is 28.4. The van der Waals surface area contributed by atoms with Gasteiger partial charge in [0, 0.05) is 32.7 Å². The van der Waals surface area contributed by atoms with Gasteiger partial charge in [-0.2, -0.15) is 6.58 Å². The largest absolute Gasteiger partial charge is 0.258 e. The zero-order chi connectivity index (χ0) is 18.3. The van der Waals surface area contributed by atoms with Gasteiger partial charge in [0.2, 0.25) is 0 Å². The van der Waals surface area contributed by atoms with Crippen molar-refractivity contribution in [2.75, 3.05) is 0 Å². The third-order valence-electron chi connectivity index (χ3n) is 3.72. The monoisotopic (exact) mass is 402 g/mol. The standard InChI is InChI=1S/C14H17.C9H20.Y/c1-6-8-9-13(4)14(5)11-10-12(3)7-2;1-5-9(4)7-6-8(2)3;/h8-11H,1,3-5,7H2,2H3;8-9H,5-7H2,1-4H3;/q-1;;/b9-8-,11-10-;;. The summed E-state index contributed by atoms with van der Waals surface area (Å²) >= 11 is 0. The third-order valence-corrected chi connectivity index (χ3v) is 3.72. The minimum absolute atomic E-state index is 0. The number of hydrogen-bond acceptors (Lipinski definition) is 0. The minimum atomic E-state index is 0. The molecule has 0 saturated carbocycles. The van der Waals surface area contributed by atoms with E-state index < -0.39 is 0 Å². The molecule has 0 aliphatic heterocycles. The molecule has 0 heterocycles. The molecule has 1 unspecified atom stereocenters. The Labute approximate surface area is 177 Å². The Morgan fingerprint density at radius 1 is 0.917 bits per heavy atom. The number of allylic oxidation sites excluding steroid dienone is 8. The van der Waals surface area contributed by atoms with E-state index in [4.69, 9.17) is 0 Å². The first-order chi connectivity index (χ1) is 10.8. The van der Waals surface area contributed by atoms with Crippen molar-refractivity contribution in [3.63, 3.8) is 0 Å². The van der Waals surface area contributed by atoms with Gasteiger partial charge in [-0.1, -0.05) is 84.8 Å². The van der Waals surface area contributed by atoms with Crippen LogP contribution in [0.15, 0.2) is 67.3 Å². The molecule has 24 heavy (non-hydrogen) atoms.